The Balaban J connectivity index is 2.73. The predicted molar refractivity (Wildman–Crippen MR) is 55.3 cm³/mol. The van der Waals surface area contributed by atoms with Gasteiger partial charge in [0, 0.05) is 0 Å². The molecule has 1 aliphatic heterocycles. The summed E-state index contributed by atoms with van der Waals surface area (Å²) in [5.74, 6) is 0. The number of rotatable bonds is 0. The molecule has 1 aliphatic rings. The molecule has 0 atom stereocenters. The molecule has 2 rings (SSSR count). The molecule has 0 amide bonds. The first kappa shape index (κ1) is 9.48. The summed E-state index contributed by atoms with van der Waals surface area (Å²) in [6.45, 7) is 1.82. The van der Waals surface area contributed by atoms with Gasteiger partial charge in [0.25, 0.3) is 10.0 Å². The van der Waals surface area contributed by atoms with Gasteiger partial charge in [0.15, 0.2) is 0 Å². The van der Waals surface area contributed by atoms with Crippen molar-refractivity contribution in [2.45, 2.75) is 11.8 Å². The molecular formula is C8H7ClN2O2S. The number of aryl methyl sites for hydroxylation is 1. The van der Waals surface area contributed by atoms with Gasteiger partial charge in [-0.15, -0.1) is 4.40 Å². The number of nitrogens with zero attached hydrogens (tertiary/aromatic N) is 1. The fraction of sp³-hybridized carbons (Fsp3) is 0.125. The van der Waals surface area contributed by atoms with Gasteiger partial charge in [0.1, 0.15) is 4.90 Å². The molecule has 74 valence electrons. The maximum atomic E-state index is 11.5. The first-order valence-electron chi connectivity index (χ1n) is 3.87. The molecule has 1 aromatic carbocycles. The SMILES string of the molecule is Cc1ccc2c(c1)S(=O)(=O)N=C(Cl)N2. The molecule has 6 heteroatoms. The number of amidine groups is 1. The molecule has 14 heavy (non-hydrogen) atoms. The Labute approximate surface area is 86.7 Å². The number of anilines is 1. The minimum absolute atomic E-state index is 0.124. The summed E-state index contributed by atoms with van der Waals surface area (Å²) >= 11 is 5.53. The van der Waals surface area contributed by atoms with Crippen molar-refractivity contribution in [2.75, 3.05) is 5.32 Å². The molecule has 0 saturated carbocycles. The van der Waals surface area contributed by atoms with E-state index in [1.807, 2.05) is 6.92 Å². The maximum absolute atomic E-state index is 11.5. The van der Waals surface area contributed by atoms with Crippen molar-refractivity contribution >= 4 is 32.6 Å². The largest absolute Gasteiger partial charge is 0.329 e. The fourth-order valence-electron chi connectivity index (χ4n) is 1.23. The smallest absolute Gasteiger partial charge is 0.287 e. The highest BCUT2D eigenvalue weighted by Gasteiger charge is 2.23. The first-order chi connectivity index (χ1) is 6.49. The van der Waals surface area contributed by atoms with Crippen LogP contribution in [0.15, 0.2) is 27.5 Å². The van der Waals surface area contributed by atoms with Crippen molar-refractivity contribution in [3.8, 4) is 0 Å². The van der Waals surface area contributed by atoms with Crippen LogP contribution in [0.2, 0.25) is 0 Å². The van der Waals surface area contributed by atoms with Gasteiger partial charge in [0.05, 0.1) is 5.69 Å². The molecule has 0 aliphatic carbocycles. The zero-order valence-corrected chi connectivity index (χ0v) is 8.85. The molecule has 1 N–H and O–H groups in total. The van der Waals surface area contributed by atoms with Crippen molar-refractivity contribution in [2.24, 2.45) is 4.40 Å². The van der Waals surface area contributed by atoms with Gasteiger partial charge in [-0.3, -0.25) is 0 Å². The lowest BCUT2D eigenvalue weighted by molar-refractivity contribution is 0.598. The van der Waals surface area contributed by atoms with E-state index in [0.29, 0.717) is 5.69 Å². The number of hydrogen-bond acceptors (Lipinski definition) is 3. The summed E-state index contributed by atoms with van der Waals surface area (Å²) in [4.78, 5) is 0.168. The van der Waals surface area contributed by atoms with E-state index in [4.69, 9.17) is 11.6 Å². The number of benzene rings is 1. The van der Waals surface area contributed by atoms with E-state index >= 15 is 0 Å². The maximum Gasteiger partial charge on any atom is 0.287 e. The molecule has 1 aromatic rings. The van der Waals surface area contributed by atoms with Gasteiger partial charge in [-0.05, 0) is 36.2 Å². The van der Waals surface area contributed by atoms with Crippen molar-refractivity contribution in [1.29, 1.82) is 0 Å². The molecular weight excluding hydrogens is 224 g/mol. The van der Waals surface area contributed by atoms with Crippen LogP contribution in [0.25, 0.3) is 0 Å². The van der Waals surface area contributed by atoms with Crippen LogP contribution in [-0.2, 0) is 10.0 Å². The first-order valence-corrected chi connectivity index (χ1v) is 5.69. The lowest BCUT2D eigenvalue weighted by atomic mass is 10.2. The van der Waals surface area contributed by atoms with Crippen molar-refractivity contribution in [3.05, 3.63) is 23.8 Å². The summed E-state index contributed by atoms with van der Waals surface area (Å²) in [6, 6.07) is 5.03. The van der Waals surface area contributed by atoms with Gasteiger partial charge in [-0.1, -0.05) is 6.07 Å². The van der Waals surface area contributed by atoms with Gasteiger partial charge in [-0.2, -0.15) is 8.42 Å². The quantitative estimate of drug-likeness (QED) is 0.691. The Kier molecular flexibility index (Phi) is 2.01. The van der Waals surface area contributed by atoms with Gasteiger partial charge < -0.3 is 5.32 Å². The third-order valence-electron chi connectivity index (χ3n) is 1.85. The second kappa shape index (κ2) is 2.96. The van der Waals surface area contributed by atoms with Crippen LogP contribution in [0.5, 0.6) is 0 Å². The van der Waals surface area contributed by atoms with Crippen LogP contribution < -0.4 is 5.32 Å². The Morgan fingerprint density at radius 1 is 1.43 bits per heavy atom. The number of nitrogens with one attached hydrogen (secondary N) is 1. The predicted octanol–water partition coefficient (Wildman–Crippen LogP) is 1.70. The highest BCUT2D eigenvalue weighted by atomic mass is 35.5. The molecule has 4 nitrogen and oxygen atoms in total. The second-order valence-electron chi connectivity index (χ2n) is 2.98. The number of hydrogen-bond donors (Lipinski definition) is 1. The zero-order valence-electron chi connectivity index (χ0n) is 7.28. The topological polar surface area (TPSA) is 58.5 Å². The Hall–Kier alpha value is -1.07. The van der Waals surface area contributed by atoms with E-state index in [0.717, 1.165) is 5.56 Å². The van der Waals surface area contributed by atoms with E-state index < -0.39 is 10.0 Å². The van der Waals surface area contributed by atoms with Crippen LogP contribution in [-0.4, -0.2) is 13.7 Å². The third kappa shape index (κ3) is 1.49. The molecule has 0 fully saturated rings. The van der Waals surface area contributed by atoms with Gasteiger partial charge in [-0.25, -0.2) is 0 Å². The van der Waals surface area contributed by atoms with Gasteiger partial charge >= 0.3 is 0 Å². The molecule has 0 spiro atoms. The lowest BCUT2D eigenvalue weighted by Gasteiger charge is -2.14. The average molecular weight is 231 g/mol. The summed E-state index contributed by atoms with van der Waals surface area (Å²) in [5.41, 5.74) is 1.33. The second-order valence-corrected chi connectivity index (χ2v) is 4.91. The fourth-order valence-corrected chi connectivity index (χ4v) is 2.70. The van der Waals surface area contributed by atoms with Crippen molar-refractivity contribution in [1.82, 2.24) is 0 Å². The summed E-state index contributed by atoms with van der Waals surface area (Å²) in [7, 11) is -3.62. The highest BCUT2D eigenvalue weighted by molar-refractivity contribution is 7.90. The van der Waals surface area contributed by atoms with E-state index in [-0.39, 0.29) is 10.2 Å². The molecule has 0 bridgehead atoms. The minimum atomic E-state index is -3.62. The molecule has 0 saturated heterocycles. The van der Waals surface area contributed by atoms with E-state index in [1.54, 1.807) is 18.2 Å². The molecule has 0 radical (unpaired) electrons. The summed E-state index contributed by atoms with van der Waals surface area (Å²) < 4.78 is 26.4. The summed E-state index contributed by atoms with van der Waals surface area (Å²) in [5, 5.41) is 2.56. The zero-order chi connectivity index (χ0) is 10.3. The molecule has 0 aromatic heterocycles. The highest BCUT2D eigenvalue weighted by Crippen LogP contribution is 2.28. The van der Waals surface area contributed by atoms with E-state index in [9.17, 15) is 8.42 Å². The van der Waals surface area contributed by atoms with E-state index in [2.05, 4.69) is 9.71 Å². The average Bonchev–Trinajstić information content (AvgIpc) is 2.05. The monoisotopic (exact) mass is 230 g/mol. The third-order valence-corrected chi connectivity index (χ3v) is 3.45. The molecule has 1 heterocycles. The van der Waals surface area contributed by atoms with Crippen molar-refractivity contribution in [3.63, 3.8) is 0 Å². The normalized spacial score (nSPS) is 18.0. The Bertz CT molecular complexity index is 522. The Morgan fingerprint density at radius 3 is 2.86 bits per heavy atom. The number of sulfonamides is 1. The van der Waals surface area contributed by atoms with E-state index in [1.165, 1.54) is 0 Å². The van der Waals surface area contributed by atoms with Crippen LogP contribution in [0, 0.1) is 6.92 Å². The van der Waals surface area contributed by atoms with Crippen LogP contribution in [0.4, 0.5) is 5.69 Å². The minimum Gasteiger partial charge on any atom is -0.329 e. The van der Waals surface area contributed by atoms with Gasteiger partial charge in [0.2, 0.25) is 5.29 Å². The number of fused-ring (bicyclic) bond motifs is 1. The van der Waals surface area contributed by atoms with Crippen molar-refractivity contribution < 1.29 is 8.42 Å². The summed E-state index contributed by atoms with van der Waals surface area (Å²) in [6.07, 6.45) is 0. The number of halogens is 1. The van der Waals surface area contributed by atoms with Crippen LogP contribution in [0.1, 0.15) is 5.56 Å². The van der Waals surface area contributed by atoms with Crippen LogP contribution in [0.3, 0.4) is 0 Å². The standard InChI is InChI=1S/C8H7ClN2O2S/c1-5-2-3-6-7(4-5)14(12,13)11-8(9)10-6/h2-4H,1H3,(H,10,11). The Morgan fingerprint density at radius 2 is 2.14 bits per heavy atom. The molecule has 0 unspecified atom stereocenters. The van der Waals surface area contributed by atoms with Crippen LogP contribution >= 0.6 is 11.6 Å². The lowest BCUT2D eigenvalue weighted by Crippen LogP contribution is -2.16.